The van der Waals surface area contributed by atoms with Gasteiger partial charge in [0, 0.05) is 60.8 Å². The Morgan fingerprint density at radius 1 is 0.714 bits per heavy atom. The lowest BCUT2D eigenvalue weighted by molar-refractivity contribution is -0.152. The maximum absolute atomic E-state index is 12.8. The van der Waals surface area contributed by atoms with Crippen molar-refractivity contribution in [2.75, 3.05) is 42.6 Å². The van der Waals surface area contributed by atoms with Crippen molar-refractivity contribution >= 4 is 35.5 Å². The van der Waals surface area contributed by atoms with Crippen LogP contribution < -0.4 is 9.80 Å². The Labute approximate surface area is 291 Å². The number of nitrogens with zero attached hydrogens (tertiary/aromatic N) is 4. The minimum atomic E-state index is -0.950. The first-order chi connectivity index (χ1) is 23.6. The summed E-state index contributed by atoms with van der Waals surface area (Å²) in [6, 6.07) is 13.9. The lowest BCUT2D eigenvalue weighted by Gasteiger charge is -2.25. The summed E-state index contributed by atoms with van der Waals surface area (Å²) in [5.74, 6) is -2.04. The predicted octanol–water partition coefficient (Wildman–Crippen LogP) is 7.90. The molecule has 0 aliphatic rings. The number of rotatable bonds is 21. The third kappa shape index (κ3) is 13.2. The van der Waals surface area contributed by atoms with Crippen LogP contribution in [0.4, 0.5) is 11.4 Å². The van der Waals surface area contributed by atoms with Crippen LogP contribution in [-0.4, -0.2) is 61.0 Å². The molecule has 0 amide bonds. The molecule has 2 aromatic carbocycles. The number of phenolic OH excluding ortho intramolecular Hbond substituents is 2. The third-order valence-electron chi connectivity index (χ3n) is 7.92. The van der Waals surface area contributed by atoms with Crippen LogP contribution in [0, 0.1) is 22.7 Å². The number of carbonyl (C=O) groups is 2. The van der Waals surface area contributed by atoms with Gasteiger partial charge in [-0.15, -0.1) is 0 Å². The van der Waals surface area contributed by atoms with E-state index in [-0.39, 0.29) is 40.4 Å². The fourth-order valence-electron chi connectivity index (χ4n) is 4.97. The molecule has 49 heavy (non-hydrogen) atoms. The molecule has 0 fully saturated rings. The summed E-state index contributed by atoms with van der Waals surface area (Å²) in [6.45, 7) is 13.1. The Balaban J connectivity index is 2.07. The lowest BCUT2D eigenvalue weighted by Crippen LogP contribution is -2.25. The van der Waals surface area contributed by atoms with Crippen LogP contribution in [0.1, 0.15) is 97.1 Å². The van der Waals surface area contributed by atoms with Crippen LogP contribution in [0.3, 0.4) is 0 Å². The fourth-order valence-corrected chi connectivity index (χ4v) is 4.97. The zero-order valence-electron chi connectivity index (χ0n) is 29.7. The summed E-state index contributed by atoms with van der Waals surface area (Å²) >= 11 is 0. The normalized spacial score (nSPS) is 12.1. The average Bonchev–Trinajstić information content (AvgIpc) is 3.09. The molecular formula is C39H52N4O6. The second-order valence-corrected chi connectivity index (χ2v) is 12.0. The number of ether oxygens (including phenoxy) is 2. The first-order valence-corrected chi connectivity index (χ1v) is 17.4. The van der Waals surface area contributed by atoms with E-state index in [1.165, 1.54) is 19.1 Å². The number of carbonyl (C=O) groups excluding carboxylic acids is 2. The minimum Gasteiger partial charge on any atom is -0.507 e. The standard InChI is InChI=1S/C39H52N4O6/c1-6-10-18-42(19-11-7-2)34-16-14-30(36(44)24-34)22-32(26-40)38(46)48-28-29(5)49-39(47)33(27-41)23-31-15-17-35(25-37(31)45)43(20-12-8-3)21-13-9-4/h14-17,22-25,29,44-45H,6-13,18-21,28H2,1-5H3/b32-22+,33-23+. The molecule has 1 atom stereocenters. The Morgan fingerprint density at radius 2 is 1.10 bits per heavy atom. The number of hydrogen-bond donors (Lipinski definition) is 2. The topological polar surface area (TPSA) is 147 Å². The molecule has 0 bridgehead atoms. The minimum absolute atomic E-state index is 0.0693. The smallest absolute Gasteiger partial charge is 0.349 e. The molecule has 1 unspecified atom stereocenters. The van der Waals surface area contributed by atoms with Gasteiger partial charge in [-0.3, -0.25) is 0 Å². The van der Waals surface area contributed by atoms with Gasteiger partial charge in [-0.05, 0) is 69.0 Å². The van der Waals surface area contributed by atoms with Crippen molar-refractivity contribution in [3.8, 4) is 23.6 Å². The fraction of sp³-hybridized carbons (Fsp3) is 0.487. The molecule has 2 aromatic rings. The zero-order chi connectivity index (χ0) is 36.2. The van der Waals surface area contributed by atoms with Gasteiger partial charge in [0.2, 0.25) is 0 Å². The van der Waals surface area contributed by atoms with Crippen LogP contribution in [-0.2, 0) is 19.1 Å². The highest BCUT2D eigenvalue weighted by molar-refractivity contribution is 5.99. The molecule has 0 saturated heterocycles. The second-order valence-electron chi connectivity index (χ2n) is 12.0. The zero-order valence-corrected chi connectivity index (χ0v) is 29.7. The number of anilines is 2. The highest BCUT2D eigenvalue weighted by Crippen LogP contribution is 2.29. The van der Waals surface area contributed by atoms with Crippen molar-refractivity contribution in [3.63, 3.8) is 0 Å². The third-order valence-corrected chi connectivity index (χ3v) is 7.92. The van der Waals surface area contributed by atoms with Gasteiger partial charge in [0.05, 0.1) is 0 Å². The molecule has 0 spiro atoms. The van der Waals surface area contributed by atoms with E-state index in [1.807, 2.05) is 18.2 Å². The molecule has 0 aliphatic heterocycles. The maximum atomic E-state index is 12.8. The van der Waals surface area contributed by atoms with Crippen molar-refractivity contribution < 1.29 is 29.3 Å². The maximum Gasteiger partial charge on any atom is 0.349 e. The largest absolute Gasteiger partial charge is 0.507 e. The molecule has 2 rings (SSSR count). The van der Waals surface area contributed by atoms with Crippen molar-refractivity contribution in [2.45, 2.75) is 92.1 Å². The average molecular weight is 673 g/mol. The van der Waals surface area contributed by atoms with Gasteiger partial charge in [-0.25, -0.2) is 9.59 Å². The number of benzene rings is 2. The Hall–Kier alpha value is -4.96. The van der Waals surface area contributed by atoms with E-state index in [0.717, 1.165) is 88.9 Å². The highest BCUT2D eigenvalue weighted by Gasteiger charge is 2.20. The Bertz CT molecular complexity index is 1500. The van der Waals surface area contributed by atoms with E-state index >= 15 is 0 Å². The van der Waals surface area contributed by atoms with E-state index in [2.05, 4.69) is 37.5 Å². The SMILES string of the molecule is CCCCN(CCCC)c1ccc(/C=C(\C#N)C(=O)OCC(C)OC(=O)/C(C#N)=C/c2ccc(N(CCCC)CCCC)cc2O)c(O)c1. The number of aromatic hydroxyl groups is 2. The van der Waals surface area contributed by atoms with Gasteiger partial charge in [-0.2, -0.15) is 10.5 Å². The molecule has 0 aromatic heterocycles. The number of hydrogen-bond acceptors (Lipinski definition) is 10. The Kier molecular flexibility index (Phi) is 17.9. The summed E-state index contributed by atoms with van der Waals surface area (Å²) in [6.07, 6.45) is 9.84. The van der Waals surface area contributed by atoms with E-state index in [0.29, 0.717) is 0 Å². The quantitative estimate of drug-likeness (QED) is 0.0762. The Morgan fingerprint density at radius 3 is 1.45 bits per heavy atom. The molecule has 0 aliphatic carbocycles. The van der Waals surface area contributed by atoms with Gasteiger partial charge in [0.15, 0.2) is 0 Å². The van der Waals surface area contributed by atoms with Gasteiger partial charge in [-0.1, -0.05) is 53.4 Å². The first kappa shape index (κ1) is 40.2. The summed E-state index contributed by atoms with van der Waals surface area (Å²) in [4.78, 5) is 29.9. The highest BCUT2D eigenvalue weighted by atomic mass is 16.6. The molecule has 0 heterocycles. The van der Waals surface area contributed by atoms with Gasteiger partial charge in [0.25, 0.3) is 0 Å². The molecule has 2 N–H and O–H groups in total. The summed E-state index contributed by atoms with van der Waals surface area (Å²) in [5.41, 5.74) is 1.63. The van der Waals surface area contributed by atoms with Crippen LogP contribution in [0.2, 0.25) is 0 Å². The van der Waals surface area contributed by atoms with Crippen molar-refractivity contribution in [1.29, 1.82) is 10.5 Å². The number of nitriles is 2. The molecule has 264 valence electrons. The van der Waals surface area contributed by atoms with E-state index < -0.39 is 18.0 Å². The monoisotopic (exact) mass is 672 g/mol. The number of phenols is 2. The van der Waals surface area contributed by atoms with Crippen LogP contribution >= 0.6 is 0 Å². The lowest BCUT2D eigenvalue weighted by atomic mass is 10.1. The summed E-state index contributed by atoms with van der Waals surface area (Å²) in [7, 11) is 0. The van der Waals surface area contributed by atoms with Gasteiger partial charge >= 0.3 is 11.9 Å². The van der Waals surface area contributed by atoms with E-state index in [1.54, 1.807) is 30.3 Å². The number of esters is 2. The van der Waals surface area contributed by atoms with E-state index in [9.17, 15) is 30.3 Å². The van der Waals surface area contributed by atoms with Crippen LogP contribution in [0.5, 0.6) is 11.5 Å². The van der Waals surface area contributed by atoms with E-state index in [4.69, 9.17) is 9.47 Å². The predicted molar refractivity (Wildman–Crippen MR) is 194 cm³/mol. The molecule has 10 heteroatoms. The molecule has 10 nitrogen and oxygen atoms in total. The van der Waals surface area contributed by atoms with Crippen LogP contribution in [0.25, 0.3) is 12.2 Å². The van der Waals surface area contributed by atoms with Gasteiger partial charge < -0.3 is 29.5 Å². The number of unbranched alkanes of at least 4 members (excludes halogenated alkanes) is 4. The molecule has 0 saturated carbocycles. The van der Waals surface area contributed by atoms with Gasteiger partial charge in [0.1, 0.15) is 47.5 Å². The summed E-state index contributed by atoms with van der Waals surface area (Å²) in [5, 5.41) is 40.7. The molecule has 0 radical (unpaired) electrons. The molecular weight excluding hydrogens is 620 g/mol. The summed E-state index contributed by atoms with van der Waals surface area (Å²) < 4.78 is 10.5. The van der Waals surface area contributed by atoms with Crippen molar-refractivity contribution in [2.24, 2.45) is 0 Å². The second kappa shape index (κ2) is 21.8. The van der Waals surface area contributed by atoms with Crippen molar-refractivity contribution in [1.82, 2.24) is 0 Å². The van der Waals surface area contributed by atoms with Crippen LogP contribution in [0.15, 0.2) is 47.5 Å². The first-order valence-electron chi connectivity index (χ1n) is 17.4. The van der Waals surface area contributed by atoms with Crippen molar-refractivity contribution in [3.05, 3.63) is 58.7 Å².